The van der Waals surface area contributed by atoms with Crippen LogP contribution in [0.15, 0.2) is 47.5 Å². The van der Waals surface area contributed by atoms with Gasteiger partial charge < -0.3 is 10.6 Å². The van der Waals surface area contributed by atoms with Gasteiger partial charge in [-0.05, 0) is 48.7 Å². The number of benzene rings is 2. The molecular formula is C20H22N4S2. The highest BCUT2D eigenvalue weighted by Crippen LogP contribution is 2.26. The van der Waals surface area contributed by atoms with Crippen LogP contribution in [-0.2, 0) is 6.42 Å². The van der Waals surface area contributed by atoms with Crippen molar-refractivity contribution in [3.05, 3.63) is 53.6 Å². The van der Waals surface area contributed by atoms with Crippen LogP contribution in [0, 0.1) is 6.92 Å². The number of nitrogens with zero attached hydrogens (tertiary/aromatic N) is 2. The van der Waals surface area contributed by atoms with Crippen LogP contribution in [0.5, 0.6) is 0 Å². The summed E-state index contributed by atoms with van der Waals surface area (Å²) in [4.78, 5) is 9.30. The molecule has 3 aromatic rings. The van der Waals surface area contributed by atoms with Crippen LogP contribution in [0.25, 0.3) is 10.2 Å². The molecule has 2 heterocycles. The lowest BCUT2D eigenvalue weighted by Gasteiger charge is -2.04. The molecule has 1 fully saturated rings. The highest BCUT2D eigenvalue weighted by molar-refractivity contribution is 8.14. The molecule has 1 aliphatic rings. The van der Waals surface area contributed by atoms with E-state index in [0.29, 0.717) is 5.25 Å². The molecule has 0 amide bonds. The first-order valence-corrected chi connectivity index (χ1v) is 10.5. The second-order valence-electron chi connectivity index (χ2n) is 6.56. The number of fused-ring (bicyclic) bond motifs is 1. The number of aliphatic imine (C=N–C) groups is 1. The maximum Gasteiger partial charge on any atom is 0.183 e. The molecule has 1 aromatic heterocycles. The van der Waals surface area contributed by atoms with Crippen molar-refractivity contribution in [3.63, 3.8) is 0 Å². The molecule has 2 N–H and O–H groups in total. The number of nitrogens with one attached hydrogen (secondary N) is 2. The number of aryl methyl sites for hydroxylation is 1. The standard InChI is InChI=1S/C20H22N4S2/c1-13-3-8-17-18(11-13)26-19(24-17)21-10-9-15-4-6-16(7-5-15)23-20-22-12-14(2)25-20/h3-8,11,14H,9-10,12H2,1-2H3,(H,21,24)(H,22,23). The third-order valence-corrected chi connectivity index (χ3v) is 6.26. The average molecular weight is 383 g/mol. The van der Waals surface area contributed by atoms with Gasteiger partial charge in [-0.25, -0.2) is 9.98 Å². The van der Waals surface area contributed by atoms with Crippen LogP contribution >= 0.6 is 23.1 Å². The van der Waals surface area contributed by atoms with Crippen LogP contribution in [0.2, 0.25) is 0 Å². The number of thioether (sulfide) groups is 1. The third kappa shape index (κ3) is 4.19. The van der Waals surface area contributed by atoms with Crippen molar-refractivity contribution in [2.45, 2.75) is 25.5 Å². The van der Waals surface area contributed by atoms with Gasteiger partial charge in [-0.3, -0.25) is 0 Å². The first-order chi connectivity index (χ1) is 12.7. The second-order valence-corrected chi connectivity index (χ2v) is 9.02. The topological polar surface area (TPSA) is 49.3 Å². The van der Waals surface area contributed by atoms with Crippen molar-refractivity contribution in [1.29, 1.82) is 0 Å². The van der Waals surface area contributed by atoms with E-state index < -0.39 is 0 Å². The van der Waals surface area contributed by atoms with E-state index >= 15 is 0 Å². The normalized spacial score (nSPS) is 18.4. The summed E-state index contributed by atoms with van der Waals surface area (Å²) >= 11 is 3.52. The quantitative estimate of drug-likeness (QED) is 0.654. The number of amidine groups is 1. The number of hydrogen-bond donors (Lipinski definition) is 2. The Hall–Kier alpha value is -2.05. The van der Waals surface area contributed by atoms with Crippen molar-refractivity contribution in [2.24, 2.45) is 4.99 Å². The molecule has 2 aromatic carbocycles. The first kappa shape index (κ1) is 17.4. The van der Waals surface area contributed by atoms with Crippen LogP contribution < -0.4 is 10.6 Å². The maximum absolute atomic E-state index is 4.65. The number of aromatic nitrogens is 1. The Morgan fingerprint density at radius 2 is 2.08 bits per heavy atom. The van der Waals surface area contributed by atoms with Crippen LogP contribution in [0.3, 0.4) is 0 Å². The summed E-state index contributed by atoms with van der Waals surface area (Å²) in [6, 6.07) is 14.9. The average Bonchev–Trinajstić information content (AvgIpc) is 3.21. The predicted molar refractivity (Wildman–Crippen MR) is 115 cm³/mol. The molecule has 4 nitrogen and oxygen atoms in total. The van der Waals surface area contributed by atoms with E-state index in [1.54, 1.807) is 23.1 Å². The molecule has 26 heavy (non-hydrogen) atoms. The Bertz CT molecular complexity index is 931. The van der Waals surface area contributed by atoms with Crippen LogP contribution in [0.4, 0.5) is 10.8 Å². The van der Waals surface area contributed by atoms with E-state index in [1.807, 2.05) is 0 Å². The molecular weight excluding hydrogens is 360 g/mol. The van der Waals surface area contributed by atoms with E-state index in [4.69, 9.17) is 0 Å². The van der Waals surface area contributed by atoms with Gasteiger partial charge in [-0.1, -0.05) is 48.2 Å². The smallest absolute Gasteiger partial charge is 0.183 e. The van der Waals surface area contributed by atoms with Crippen LogP contribution in [0.1, 0.15) is 18.1 Å². The molecule has 1 saturated heterocycles. The molecule has 4 rings (SSSR count). The predicted octanol–water partition coefficient (Wildman–Crippen LogP) is 4.97. The fourth-order valence-electron chi connectivity index (χ4n) is 2.85. The molecule has 0 saturated carbocycles. The minimum absolute atomic E-state index is 0.602. The van der Waals surface area contributed by atoms with Gasteiger partial charge >= 0.3 is 0 Å². The Morgan fingerprint density at radius 1 is 1.23 bits per heavy atom. The molecule has 0 radical (unpaired) electrons. The van der Waals surface area contributed by atoms with Gasteiger partial charge in [-0.15, -0.1) is 0 Å². The van der Waals surface area contributed by atoms with E-state index in [0.717, 1.165) is 41.0 Å². The van der Waals surface area contributed by atoms with E-state index in [2.05, 4.69) is 76.9 Å². The molecule has 134 valence electrons. The molecule has 0 aliphatic carbocycles. The minimum Gasteiger partial charge on any atom is -0.363 e. The van der Waals surface area contributed by atoms with Gasteiger partial charge in [0.2, 0.25) is 0 Å². The largest absolute Gasteiger partial charge is 0.363 e. The summed E-state index contributed by atoms with van der Waals surface area (Å²) < 4.78 is 1.24. The maximum atomic E-state index is 4.65. The van der Waals surface area contributed by atoms with Gasteiger partial charge in [0.1, 0.15) is 0 Å². The minimum atomic E-state index is 0.602. The first-order valence-electron chi connectivity index (χ1n) is 8.85. The zero-order chi connectivity index (χ0) is 17.9. The van der Waals surface area contributed by atoms with E-state index in [9.17, 15) is 0 Å². The summed E-state index contributed by atoms with van der Waals surface area (Å²) in [5, 5.41) is 9.40. The lowest BCUT2D eigenvalue weighted by Crippen LogP contribution is -2.14. The zero-order valence-electron chi connectivity index (χ0n) is 15.0. The number of hydrogen-bond acceptors (Lipinski definition) is 5. The van der Waals surface area contributed by atoms with Crippen molar-refractivity contribution >= 4 is 49.3 Å². The summed E-state index contributed by atoms with van der Waals surface area (Å²) in [7, 11) is 0. The van der Waals surface area contributed by atoms with Crippen molar-refractivity contribution in [2.75, 3.05) is 18.4 Å². The number of rotatable bonds is 5. The number of anilines is 1. The lowest BCUT2D eigenvalue weighted by atomic mass is 10.1. The fraction of sp³-hybridized carbons (Fsp3) is 0.300. The van der Waals surface area contributed by atoms with Gasteiger partial charge in [0.25, 0.3) is 0 Å². The summed E-state index contributed by atoms with van der Waals surface area (Å²) in [6.45, 7) is 6.20. The van der Waals surface area contributed by atoms with Crippen molar-refractivity contribution < 1.29 is 0 Å². The van der Waals surface area contributed by atoms with Gasteiger partial charge in [0, 0.05) is 18.3 Å². The Labute approximate surface area is 162 Å². The van der Waals surface area contributed by atoms with E-state index in [1.165, 1.54) is 15.8 Å². The summed E-state index contributed by atoms with van der Waals surface area (Å²) in [6.07, 6.45) is 0.968. The van der Waals surface area contributed by atoms with Gasteiger partial charge in [-0.2, -0.15) is 0 Å². The lowest BCUT2D eigenvalue weighted by molar-refractivity contribution is 0.891. The SMILES string of the molecule is Cc1ccc2nc(NCCc3ccc(/N=C4/NCC(C)S4)cc3)sc2c1. The third-order valence-electron chi connectivity index (χ3n) is 4.25. The zero-order valence-corrected chi connectivity index (χ0v) is 16.6. The monoisotopic (exact) mass is 382 g/mol. The highest BCUT2D eigenvalue weighted by atomic mass is 32.2. The Kier molecular flexibility index (Phi) is 5.13. The second kappa shape index (κ2) is 7.68. The molecule has 1 unspecified atom stereocenters. The molecule has 6 heteroatoms. The molecule has 1 aliphatic heterocycles. The Balaban J connectivity index is 1.32. The highest BCUT2D eigenvalue weighted by Gasteiger charge is 2.15. The van der Waals surface area contributed by atoms with E-state index in [-0.39, 0.29) is 0 Å². The fourth-order valence-corrected chi connectivity index (χ4v) is 4.71. The van der Waals surface area contributed by atoms with Crippen molar-refractivity contribution in [3.8, 4) is 0 Å². The molecule has 0 bridgehead atoms. The summed E-state index contributed by atoms with van der Waals surface area (Å²) in [5.74, 6) is 0. The molecule has 0 spiro atoms. The van der Waals surface area contributed by atoms with Crippen LogP contribution in [-0.4, -0.2) is 28.5 Å². The number of thiazole rings is 1. The van der Waals surface area contributed by atoms with Crippen molar-refractivity contribution in [1.82, 2.24) is 10.3 Å². The van der Waals surface area contributed by atoms with Gasteiger partial charge in [0.15, 0.2) is 10.3 Å². The molecule has 1 atom stereocenters. The summed E-state index contributed by atoms with van der Waals surface area (Å²) in [5.41, 5.74) is 4.66. The Morgan fingerprint density at radius 3 is 2.85 bits per heavy atom. The van der Waals surface area contributed by atoms with Gasteiger partial charge in [0.05, 0.1) is 15.9 Å².